The van der Waals surface area contributed by atoms with E-state index in [9.17, 15) is 13.6 Å². The number of ether oxygens (including phenoxy) is 2. The van der Waals surface area contributed by atoms with Crippen molar-refractivity contribution < 1.29 is 23.0 Å². The molecule has 0 saturated heterocycles. The minimum Gasteiger partial charge on any atom is -0.493 e. The van der Waals surface area contributed by atoms with Crippen molar-refractivity contribution >= 4 is 5.78 Å². The van der Waals surface area contributed by atoms with Crippen LogP contribution in [0.25, 0.3) is 0 Å². The third kappa shape index (κ3) is 3.18. The quantitative estimate of drug-likeness (QED) is 0.792. The minimum atomic E-state index is -0.994. The van der Waals surface area contributed by atoms with Crippen molar-refractivity contribution in [1.82, 2.24) is 0 Å². The molecule has 110 valence electrons. The molecule has 2 aromatic carbocycles. The molecule has 0 aliphatic heterocycles. The maximum Gasteiger partial charge on any atom is 0.167 e. The molecule has 0 unspecified atom stereocenters. The lowest BCUT2D eigenvalue weighted by Crippen LogP contribution is -2.06. The van der Waals surface area contributed by atoms with Crippen LogP contribution in [0.4, 0.5) is 8.78 Å². The molecule has 0 heterocycles. The van der Waals surface area contributed by atoms with Gasteiger partial charge in [-0.3, -0.25) is 4.79 Å². The van der Waals surface area contributed by atoms with Crippen molar-refractivity contribution in [1.29, 1.82) is 0 Å². The highest BCUT2D eigenvalue weighted by Crippen LogP contribution is 2.28. The van der Waals surface area contributed by atoms with E-state index in [1.165, 1.54) is 32.4 Å². The van der Waals surface area contributed by atoms with Gasteiger partial charge in [0.05, 0.1) is 14.2 Å². The van der Waals surface area contributed by atoms with Crippen LogP contribution in [0.15, 0.2) is 36.4 Å². The normalized spacial score (nSPS) is 10.3. The zero-order valence-corrected chi connectivity index (χ0v) is 11.7. The zero-order chi connectivity index (χ0) is 15.4. The van der Waals surface area contributed by atoms with E-state index in [-0.39, 0.29) is 17.8 Å². The van der Waals surface area contributed by atoms with Crippen molar-refractivity contribution in [2.24, 2.45) is 0 Å². The molecule has 21 heavy (non-hydrogen) atoms. The maximum atomic E-state index is 13.6. The summed E-state index contributed by atoms with van der Waals surface area (Å²) in [6.45, 7) is 0. The van der Waals surface area contributed by atoms with Crippen LogP contribution < -0.4 is 9.47 Å². The van der Waals surface area contributed by atoms with E-state index < -0.39 is 11.6 Å². The zero-order valence-electron chi connectivity index (χ0n) is 11.7. The van der Waals surface area contributed by atoms with Gasteiger partial charge in [0.1, 0.15) is 0 Å². The van der Waals surface area contributed by atoms with Gasteiger partial charge in [0, 0.05) is 12.0 Å². The Morgan fingerprint density at radius 1 is 1.05 bits per heavy atom. The number of methoxy groups -OCH3 is 2. The van der Waals surface area contributed by atoms with Crippen molar-refractivity contribution in [3.63, 3.8) is 0 Å². The van der Waals surface area contributed by atoms with Crippen LogP contribution in [-0.2, 0) is 6.42 Å². The first-order valence-corrected chi connectivity index (χ1v) is 6.25. The maximum absolute atomic E-state index is 13.6. The molecule has 0 aliphatic rings. The van der Waals surface area contributed by atoms with Crippen molar-refractivity contribution in [2.45, 2.75) is 6.42 Å². The number of ketones is 1. The summed E-state index contributed by atoms with van der Waals surface area (Å²) in [5, 5.41) is 0. The fraction of sp³-hybridized carbons (Fsp3) is 0.188. The van der Waals surface area contributed by atoms with E-state index >= 15 is 0 Å². The molecular formula is C16H14F2O3. The molecule has 0 saturated carbocycles. The van der Waals surface area contributed by atoms with E-state index in [1.54, 1.807) is 12.1 Å². The number of hydrogen-bond donors (Lipinski definition) is 0. The Morgan fingerprint density at radius 3 is 2.43 bits per heavy atom. The van der Waals surface area contributed by atoms with Crippen LogP contribution in [0.3, 0.4) is 0 Å². The summed E-state index contributed by atoms with van der Waals surface area (Å²) in [6, 6.07) is 8.43. The molecule has 0 amide bonds. The van der Waals surface area contributed by atoms with Crippen molar-refractivity contribution in [3.8, 4) is 11.5 Å². The number of benzene rings is 2. The summed E-state index contributed by atoms with van der Waals surface area (Å²) in [4.78, 5) is 12.2. The molecule has 0 bridgehead atoms. The van der Waals surface area contributed by atoms with Gasteiger partial charge < -0.3 is 9.47 Å². The second kappa shape index (κ2) is 6.35. The number of hydrogen-bond acceptors (Lipinski definition) is 3. The van der Waals surface area contributed by atoms with E-state index in [4.69, 9.17) is 9.47 Å². The van der Waals surface area contributed by atoms with E-state index in [0.717, 1.165) is 6.07 Å². The number of carbonyl (C=O) groups is 1. The van der Waals surface area contributed by atoms with Crippen LogP contribution in [0.2, 0.25) is 0 Å². The first-order chi connectivity index (χ1) is 10.1. The summed E-state index contributed by atoms with van der Waals surface area (Å²) in [6.07, 6.45) is -0.223. The van der Waals surface area contributed by atoms with Crippen LogP contribution in [0.1, 0.15) is 15.9 Å². The van der Waals surface area contributed by atoms with E-state index in [2.05, 4.69) is 0 Å². The molecule has 2 rings (SSSR count). The Labute approximate surface area is 121 Å². The molecule has 0 aromatic heterocycles. The Kier molecular flexibility index (Phi) is 4.52. The van der Waals surface area contributed by atoms with Gasteiger partial charge >= 0.3 is 0 Å². The van der Waals surface area contributed by atoms with Gasteiger partial charge in [0.25, 0.3) is 0 Å². The molecule has 3 nitrogen and oxygen atoms in total. The Morgan fingerprint density at radius 2 is 1.76 bits per heavy atom. The third-order valence-corrected chi connectivity index (χ3v) is 3.09. The van der Waals surface area contributed by atoms with Gasteiger partial charge in [-0.1, -0.05) is 12.1 Å². The predicted molar refractivity (Wildman–Crippen MR) is 73.9 cm³/mol. The monoisotopic (exact) mass is 292 g/mol. The van der Waals surface area contributed by atoms with E-state index in [0.29, 0.717) is 17.1 Å². The van der Waals surface area contributed by atoms with Crippen molar-refractivity contribution in [2.75, 3.05) is 14.2 Å². The lowest BCUT2D eigenvalue weighted by molar-refractivity contribution is 0.0991. The first-order valence-electron chi connectivity index (χ1n) is 6.25. The van der Waals surface area contributed by atoms with Crippen LogP contribution in [0, 0.1) is 11.6 Å². The van der Waals surface area contributed by atoms with Gasteiger partial charge in [-0.25, -0.2) is 8.78 Å². The summed E-state index contributed by atoms with van der Waals surface area (Å²) in [7, 11) is 2.94. The molecule has 0 aliphatic carbocycles. The first kappa shape index (κ1) is 15.0. The summed E-state index contributed by atoms with van der Waals surface area (Å²) in [5.74, 6) is -1.39. The molecule has 2 aromatic rings. The average Bonchev–Trinajstić information content (AvgIpc) is 2.51. The summed E-state index contributed by atoms with van der Waals surface area (Å²) < 4.78 is 36.9. The molecule has 0 spiro atoms. The molecule has 0 fully saturated rings. The van der Waals surface area contributed by atoms with Gasteiger partial charge in [0.15, 0.2) is 28.9 Å². The molecular weight excluding hydrogens is 278 g/mol. The smallest absolute Gasteiger partial charge is 0.167 e. The minimum absolute atomic E-state index is 0.0229. The highest BCUT2D eigenvalue weighted by atomic mass is 19.2. The highest BCUT2D eigenvalue weighted by Gasteiger charge is 2.15. The standard InChI is InChI=1S/C16H14F2O3/c1-20-14-7-6-10(9-15(14)21-2)13(19)8-11-4-3-5-12(17)16(11)18/h3-7,9H,8H2,1-2H3. The lowest BCUT2D eigenvalue weighted by atomic mass is 10.0. The van der Waals surface area contributed by atoms with Crippen LogP contribution >= 0.6 is 0 Å². The Hall–Kier alpha value is -2.43. The molecule has 0 N–H and O–H groups in total. The van der Waals surface area contributed by atoms with Gasteiger partial charge in [-0.05, 0) is 29.8 Å². The van der Waals surface area contributed by atoms with Gasteiger partial charge in [0.2, 0.25) is 0 Å². The van der Waals surface area contributed by atoms with Gasteiger partial charge in [-0.2, -0.15) is 0 Å². The topological polar surface area (TPSA) is 35.5 Å². The molecule has 0 atom stereocenters. The fourth-order valence-electron chi connectivity index (χ4n) is 1.97. The molecule has 0 radical (unpaired) electrons. The van der Waals surface area contributed by atoms with Crippen LogP contribution in [0.5, 0.6) is 11.5 Å². The SMILES string of the molecule is COc1ccc(C(=O)Cc2cccc(F)c2F)cc1OC. The molecule has 5 heteroatoms. The number of Topliss-reactive ketones (excluding diaryl/α,β-unsaturated/α-hetero) is 1. The second-order valence-corrected chi connectivity index (χ2v) is 4.38. The third-order valence-electron chi connectivity index (χ3n) is 3.09. The number of halogens is 2. The van der Waals surface area contributed by atoms with Gasteiger partial charge in [-0.15, -0.1) is 0 Å². The largest absolute Gasteiger partial charge is 0.493 e. The number of rotatable bonds is 5. The van der Waals surface area contributed by atoms with Crippen LogP contribution in [-0.4, -0.2) is 20.0 Å². The Bertz CT molecular complexity index is 669. The Balaban J connectivity index is 2.26. The average molecular weight is 292 g/mol. The number of carbonyl (C=O) groups excluding carboxylic acids is 1. The fourth-order valence-corrected chi connectivity index (χ4v) is 1.97. The van der Waals surface area contributed by atoms with Crippen molar-refractivity contribution in [3.05, 3.63) is 59.2 Å². The lowest BCUT2D eigenvalue weighted by Gasteiger charge is -2.09. The van der Waals surface area contributed by atoms with E-state index in [1.807, 2.05) is 0 Å². The highest BCUT2D eigenvalue weighted by molar-refractivity contribution is 5.98. The summed E-state index contributed by atoms with van der Waals surface area (Å²) in [5.41, 5.74) is 0.367. The summed E-state index contributed by atoms with van der Waals surface area (Å²) >= 11 is 0. The predicted octanol–water partition coefficient (Wildman–Crippen LogP) is 3.41. The second-order valence-electron chi connectivity index (χ2n) is 4.38.